The van der Waals surface area contributed by atoms with Crippen molar-refractivity contribution in [1.82, 2.24) is 10.6 Å². The van der Waals surface area contributed by atoms with E-state index in [0.717, 1.165) is 6.42 Å². The first kappa shape index (κ1) is 20.3. The van der Waals surface area contributed by atoms with Crippen molar-refractivity contribution in [2.24, 2.45) is 0 Å². The molecule has 0 aliphatic rings. The predicted molar refractivity (Wildman–Crippen MR) is 90.8 cm³/mol. The van der Waals surface area contributed by atoms with Crippen LogP contribution in [-0.4, -0.2) is 51.2 Å². The van der Waals surface area contributed by atoms with Crippen molar-refractivity contribution in [2.45, 2.75) is 20.3 Å². The predicted octanol–water partition coefficient (Wildman–Crippen LogP) is 0.893. The van der Waals surface area contributed by atoms with Gasteiger partial charge in [0.25, 0.3) is 5.91 Å². The Morgan fingerprint density at radius 3 is 2.44 bits per heavy atom. The van der Waals surface area contributed by atoms with Gasteiger partial charge >= 0.3 is 5.97 Å². The number of hydrogen-bond donors (Lipinski definition) is 2. The van der Waals surface area contributed by atoms with E-state index in [4.69, 9.17) is 14.2 Å². The first-order valence-corrected chi connectivity index (χ1v) is 8.03. The molecule has 1 rings (SSSR count). The highest BCUT2D eigenvalue weighted by atomic mass is 16.5. The van der Waals surface area contributed by atoms with Crippen LogP contribution < -0.4 is 20.1 Å². The molecule has 25 heavy (non-hydrogen) atoms. The molecule has 0 saturated heterocycles. The van der Waals surface area contributed by atoms with Gasteiger partial charge in [0.2, 0.25) is 5.91 Å². The molecule has 0 unspecified atom stereocenters. The number of carbonyl (C=O) groups excluding carboxylic acids is 3. The Kier molecular flexibility index (Phi) is 8.84. The van der Waals surface area contributed by atoms with Crippen molar-refractivity contribution < 1.29 is 28.6 Å². The lowest BCUT2D eigenvalue weighted by Gasteiger charge is -2.11. The normalized spacial score (nSPS) is 9.88. The monoisotopic (exact) mass is 352 g/mol. The van der Waals surface area contributed by atoms with Crippen molar-refractivity contribution in [2.75, 3.05) is 33.4 Å². The summed E-state index contributed by atoms with van der Waals surface area (Å²) in [6, 6.07) is 4.59. The van der Waals surface area contributed by atoms with Gasteiger partial charge in [-0.15, -0.1) is 0 Å². The molecule has 0 saturated carbocycles. The molecule has 2 amide bonds. The molecule has 138 valence electrons. The lowest BCUT2D eigenvalue weighted by Crippen LogP contribution is -2.38. The Balaban J connectivity index is 2.48. The van der Waals surface area contributed by atoms with Gasteiger partial charge in [-0.1, -0.05) is 6.92 Å². The molecule has 0 heterocycles. The number of ether oxygens (including phenoxy) is 3. The summed E-state index contributed by atoms with van der Waals surface area (Å²) in [7, 11) is 1.46. The van der Waals surface area contributed by atoms with Crippen LogP contribution in [-0.2, 0) is 14.3 Å². The van der Waals surface area contributed by atoms with Crippen LogP contribution in [0.2, 0.25) is 0 Å². The van der Waals surface area contributed by atoms with Crippen LogP contribution in [0.5, 0.6) is 11.5 Å². The van der Waals surface area contributed by atoms with Gasteiger partial charge in [0.05, 0.1) is 25.8 Å². The second kappa shape index (κ2) is 10.9. The molecule has 0 bridgehead atoms. The van der Waals surface area contributed by atoms with E-state index in [0.29, 0.717) is 24.7 Å². The molecule has 8 heteroatoms. The molecule has 2 N–H and O–H groups in total. The highest BCUT2D eigenvalue weighted by Crippen LogP contribution is 2.28. The first-order chi connectivity index (χ1) is 12.0. The van der Waals surface area contributed by atoms with Crippen molar-refractivity contribution in [1.29, 1.82) is 0 Å². The minimum atomic E-state index is -0.674. The number of nitrogens with one attached hydrogen (secondary N) is 2. The number of methoxy groups -OCH3 is 1. The van der Waals surface area contributed by atoms with Gasteiger partial charge in [0.1, 0.15) is 0 Å². The maximum Gasteiger partial charge on any atom is 0.338 e. The number of esters is 1. The summed E-state index contributed by atoms with van der Waals surface area (Å²) in [5.41, 5.74) is 0.230. The van der Waals surface area contributed by atoms with Crippen molar-refractivity contribution in [3.63, 3.8) is 0 Å². The van der Waals surface area contributed by atoms with Crippen LogP contribution in [0.25, 0.3) is 0 Å². The third-order valence-corrected chi connectivity index (χ3v) is 3.05. The van der Waals surface area contributed by atoms with Crippen LogP contribution in [0.1, 0.15) is 30.6 Å². The second-order valence-corrected chi connectivity index (χ2v) is 5.00. The SMILES string of the molecule is CCCNC(=O)CNC(=O)COC(=O)c1ccc(OCC)c(OC)c1. The largest absolute Gasteiger partial charge is 0.493 e. The average Bonchev–Trinajstić information content (AvgIpc) is 2.63. The van der Waals surface area contributed by atoms with E-state index in [1.165, 1.54) is 19.2 Å². The molecular formula is C17H24N2O6. The minimum Gasteiger partial charge on any atom is -0.493 e. The molecule has 0 radical (unpaired) electrons. The smallest absolute Gasteiger partial charge is 0.338 e. The standard InChI is InChI=1S/C17H24N2O6/c1-4-8-18-15(20)10-19-16(21)11-25-17(22)12-6-7-13(24-5-2)14(9-12)23-3/h6-7,9H,4-5,8,10-11H2,1-3H3,(H,18,20)(H,19,21). The second-order valence-electron chi connectivity index (χ2n) is 5.00. The molecule has 0 fully saturated rings. The van der Waals surface area contributed by atoms with Crippen molar-refractivity contribution in [3.8, 4) is 11.5 Å². The summed E-state index contributed by atoms with van der Waals surface area (Å²) < 4.78 is 15.4. The summed E-state index contributed by atoms with van der Waals surface area (Å²) in [5, 5.41) is 4.99. The van der Waals surface area contributed by atoms with Crippen LogP contribution in [0.15, 0.2) is 18.2 Å². The topological polar surface area (TPSA) is 103 Å². The van der Waals surface area contributed by atoms with Crippen molar-refractivity contribution in [3.05, 3.63) is 23.8 Å². The molecule has 0 aliphatic heterocycles. The Labute approximate surface area is 146 Å². The number of rotatable bonds is 10. The summed E-state index contributed by atoms with van der Waals surface area (Å²) in [5.74, 6) is -0.617. The van der Waals surface area contributed by atoms with Crippen LogP contribution in [0, 0.1) is 0 Å². The number of hydrogen-bond acceptors (Lipinski definition) is 6. The highest BCUT2D eigenvalue weighted by molar-refractivity contribution is 5.92. The van der Waals surface area contributed by atoms with E-state index >= 15 is 0 Å². The van der Waals surface area contributed by atoms with E-state index in [1.54, 1.807) is 6.07 Å². The Morgan fingerprint density at radius 2 is 1.80 bits per heavy atom. The quantitative estimate of drug-likeness (QED) is 0.606. The zero-order valence-electron chi connectivity index (χ0n) is 14.7. The zero-order chi connectivity index (χ0) is 18.7. The van der Waals surface area contributed by atoms with Gasteiger partial charge in [0, 0.05) is 6.54 Å². The molecule has 0 atom stereocenters. The fraction of sp³-hybridized carbons (Fsp3) is 0.471. The van der Waals surface area contributed by atoms with E-state index in [2.05, 4.69) is 10.6 Å². The summed E-state index contributed by atoms with van der Waals surface area (Å²) >= 11 is 0. The van der Waals surface area contributed by atoms with E-state index in [9.17, 15) is 14.4 Å². The summed E-state index contributed by atoms with van der Waals surface area (Å²) in [6.07, 6.45) is 0.808. The van der Waals surface area contributed by atoms with Crippen LogP contribution in [0.4, 0.5) is 0 Å². The van der Waals surface area contributed by atoms with Gasteiger partial charge in [-0.2, -0.15) is 0 Å². The lowest BCUT2D eigenvalue weighted by atomic mass is 10.2. The Morgan fingerprint density at radius 1 is 1.04 bits per heavy atom. The fourth-order valence-electron chi connectivity index (χ4n) is 1.84. The summed E-state index contributed by atoms with van der Waals surface area (Å²) in [4.78, 5) is 35.0. The maximum atomic E-state index is 12.0. The molecule has 1 aromatic rings. The third kappa shape index (κ3) is 7.11. The zero-order valence-corrected chi connectivity index (χ0v) is 14.7. The van der Waals surface area contributed by atoms with E-state index in [1.807, 2.05) is 13.8 Å². The Bertz CT molecular complexity index is 603. The minimum absolute atomic E-state index is 0.159. The maximum absolute atomic E-state index is 12.0. The van der Waals surface area contributed by atoms with Crippen LogP contribution >= 0.6 is 0 Å². The number of amides is 2. The van der Waals surface area contributed by atoms with Gasteiger partial charge in [-0.3, -0.25) is 9.59 Å². The number of benzene rings is 1. The lowest BCUT2D eigenvalue weighted by molar-refractivity contribution is -0.127. The molecule has 1 aromatic carbocycles. The first-order valence-electron chi connectivity index (χ1n) is 8.03. The third-order valence-electron chi connectivity index (χ3n) is 3.05. The summed E-state index contributed by atoms with van der Waals surface area (Å²) in [6.45, 7) is 4.13. The Hall–Kier alpha value is -2.77. The molecule has 0 aliphatic carbocycles. The molecule has 0 aromatic heterocycles. The van der Waals surface area contributed by atoms with Crippen molar-refractivity contribution >= 4 is 17.8 Å². The molecular weight excluding hydrogens is 328 g/mol. The van der Waals surface area contributed by atoms with Crippen LogP contribution in [0.3, 0.4) is 0 Å². The molecule has 8 nitrogen and oxygen atoms in total. The van der Waals surface area contributed by atoms with Gasteiger partial charge in [-0.25, -0.2) is 4.79 Å². The average molecular weight is 352 g/mol. The highest BCUT2D eigenvalue weighted by Gasteiger charge is 2.14. The number of carbonyl (C=O) groups is 3. The van der Waals surface area contributed by atoms with Gasteiger partial charge in [-0.05, 0) is 31.5 Å². The molecule has 0 spiro atoms. The fourth-order valence-corrected chi connectivity index (χ4v) is 1.84. The van der Waals surface area contributed by atoms with Gasteiger partial charge < -0.3 is 24.8 Å². The van der Waals surface area contributed by atoms with E-state index < -0.39 is 18.5 Å². The van der Waals surface area contributed by atoms with Gasteiger partial charge in [0.15, 0.2) is 18.1 Å². The van der Waals surface area contributed by atoms with E-state index in [-0.39, 0.29) is 18.0 Å².